The molecule has 21 heavy (non-hydrogen) atoms. The van der Waals surface area contributed by atoms with Crippen LogP contribution in [0.5, 0.6) is 0 Å². The first-order valence-electron chi connectivity index (χ1n) is 6.64. The van der Waals surface area contributed by atoms with Crippen LogP contribution in [0.3, 0.4) is 0 Å². The van der Waals surface area contributed by atoms with E-state index in [1.54, 1.807) is 17.5 Å². The predicted molar refractivity (Wildman–Crippen MR) is 88.2 cm³/mol. The number of para-hydroxylation sites is 1. The largest absolute Gasteiger partial charge is 0.326 e. The summed E-state index contributed by atoms with van der Waals surface area (Å²) in [5.74, 6) is 0. The van der Waals surface area contributed by atoms with Crippen LogP contribution in [0, 0.1) is 0 Å². The minimum atomic E-state index is -3.58. The molecule has 0 aliphatic carbocycles. The van der Waals surface area contributed by atoms with E-state index in [-0.39, 0.29) is 10.3 Å². The van der Waals surface area contributed by atoms with Gasteiger partial charge in [-0.1, -0.05) is 39.0 Å². The molecule has 0 aliphatic heterocycles. The summed E-state index contributed by atoms with van der Waals surface area (Å²) in [6, 6.07) is 9.08. The van der Waals surface area contributed by atoms with Crippen molar-refractivity contribution in [2.45, 2.75) is 37.6 Å². The fraction of sp³-hybridized carbons (Fsp3) is 0.333. The molecule has 4 nitrogen and oxygen atoms in total. The van der Waals surface area contributed by atoms with Gasteiger partial charge in [0, 0.05) is 16.8 Å². The van der Waals surface area contributed by atoms with Gasteiger partial charge in [-0.3, -0.25) is 4.72 Å². The second kappa shape index (κ2) is 5.79. The van der Waals surface area contributed by atoms with Crippen LogP contribution in [-0.4, -0.2) is 8.42 Å². The number of thiophene rings is 1. The molecule has 1 aromatic carbocycles. The molecule has 2 rings (SSSR count). The summed E-state index contributed by atoms with van der Waals surface area (Å²) in [7, 11) is -3.58. The van der Waals surface area contributed by atoms with Crippen molar-refractivity contribution in [2.24, 2.45) is 5.73 Å². The Morgan fingerprint density at radius 3 is 2.48 bits per heavy atom. The summed E-state index contributed by atoms with van der Waals surface area (Å²) in [5, 5.41) is 1.62. The quantitative estimate of drug-likeness (QED) is 0.906. The van der Waals surface area contributed by atoms with E-state index in [1.807, 2.05) is 18.2 Å². The van der Waals surface area contributed by atoms with Gasteiger partial charge in [0.1, 0.15) is 0 Å². The number of nitrogens with one attached hydrogen (secondary N) is 1. The molecule has 2 aromatic rings. The predicted octanol–water partition coefficient (Wildman–Crippen LogP) is 3.31. The van der Waals surface area contributed by atoms with Gasteiger partial charge in [-0.05, 0) is 23.1 Å². The van der Waals surface area contributed by atoms with Crippen LogP contribution < -0.4 is 10.5 Å². The number of hydrogen-bond acceptors (Lipinski definition) is 4. The zero-order valence-electron chi connectivity index (χ0n) is 12.4. The minimum Gasteiger partial charge on any atom is -0.326 e. The molecule has 0 aliphatic rings. The molecule has 1 aromatic heterocycles. The average Bonchev–Trinajstić information content (AvgIpc) is 2.87. The van der Waals surface area contributed by atoms with Gasteiger partial charge in [0.2, 0.25) is 0 Å². The van der Waals surface area contributed by atoms with E-state index >= 15 is 0 Å². The van der Waals surface area contributed by atoms with Gasteiger partial charge < -0.3 is 5.73 Å². The van der Waals surface area contributed by atoms with Gasteiger partial charge in [-0.2, -0.15) is 0 Å². The first kappa shape index (κ1) is 16.0. The zero-order valence-corrected chi connectivity index (χ0v) is 14.0. The molecule has 0 bridgehead atoms. The third-order valence-corrected chi connectivity index (χ3v) is 5.57. The normalized spacial score (nSPS) is 12.4. The Balaban J connectivity index is 2.38. The van der Waals surface area contributed by atoms with E-state index in [2.05, 4.69) is 25.5 Å². The Morgan fingerprint density at radius 2 is 1.90 bits per heavy atom. The highest BCUT2D eigenvalue weighted by Gasteiger charge is 2.22. The molecule has 0 saturated carbocycles. The molecule has 3 N–H and O–H groups in total. The number of nitrogens with two attached hydrogens (primary N) is 1. The van der Waals surface area contributed by atoms with Crippen LogP contribution in [0.4, 0.5) is 5.69 Å². The summed E-state index contributed by atoms with van der Waals surface area (Å²) in [4.78, 5) is 1.11. The molecule has 6 heteroatoms. The number of benzene rings is 1. The van der Waals surface area contributed by atoms with Crippen LogP contribution in [0.2, 0.25) is 0 Å². The maximum atomic E-state index is 12.5. The van der Waals surface area contributed by atoms with E-state index in [0.29, 0.717) is 12.2 Å². The van der Waals surface area contributed by atoms with Gasteiger partial charge >= 0.3 is 0 Å². The van der Waals surface area contributed by atoms with Gasteiger partial charge in [0.15, 0.2) is 0 Å². The van der Waals surface area contributed by atoms with Crippen molar-refractivity contribution in [2.75, 3.05) is 4.72 Å². The Kier molecular flexibility index (Phi) is 4.41. The third-order valence-electron chi connectivity index (χ3n) is 3.12. The Labute approximate surface area is 130 Å². The van der Waals surface area contributed by atoms with Crippen LogP contribution in [0.1, 0.15) is 31.2 Å². The molecule has 0 saturated heterocycles. The monoisotopic (exact) mass is 324 g/mol. The molecule has 1 heterocycles. The number of hydrogen-bond donors (Lipinski definition) is 2. The molecule has 0 atom stereocenters. The highest BCUT2D eigenvalue weighted by molar-refractivity contribution is 7.92. The fourth-order valence-corrected chi connectivity index (χ4v) is 4.27. The van der Waals surface area contributed by atoms with Crippen molar-refractivity contribution < 1.29 is 8.42 Å². The van der Waals surface area contributed by atoms with Crippen LogP contribution >= 0.6 is 11.3 Å². The molecule has 0 amide bonds. The third kappa shape index (κ3) is 3.64. The lowest BCUT2D eigenvalue weighted by Crippen LogP contribution is -2.18. The summed E-state index contributed by atoms with van der Waals surface area (Å²) >= 11 is 1.35. The minimum absolute atomic E-state index is 0.143. The molecule has 0 spiro atoms. The second-order valence-corrected chi connectivity index (χ2v) is 8.53. The van der Waals surface area contributed by atoms with Gasteiger partial charge in [-0.15, -0.1) is 11.3 Å². The fourth-order valence-electron chi connectivity index (χ4n) is 2.04. The van der Waals surface area contributed by atoms with Crippen molar-refractivity contribution in [1.82, 2.24) is 0 Å². The van der Waals surface area contributed by atoms with Crippen LogP contribution in [0.25, 0.3) is 0 Å². The van der Waals surface area contributed by atoms with Crippen LogP contribution in [0.15, 0.2) is 40.6 Å². The lowest BCUT2D eigenvalue weighted by atomic mass is 9.86. The lowest BCUT2D eigenvalue weighted by molar-refractivity contribution is 0.590. The van der Waals surface area contributed by atoms with Crippen molar-refractivity contribution >= 4 is 27.0 Å². The van der Waals surface area contributed by atoms with E-state index in [9.17, 15) is 8.42 Å². The van der Waals surface area contributed by atoms with Gasteiger partial charge in [0.25, 0.3) is 10.0 Å². The number of rotatable bonds is 4. The van der Waals surface area contributed by atoms with Crippen molar-refractivity contribution in [1.29, 1.82) is 0 Å². The maximum absolute atomic E-state index is 12.5. The summed E-state index contributed by atoms with van der Waals surface area (Å²) in [6.45, 7) is 6.50. The highest BCUT2D eigenvalue weighted by atomic mass is 32.2. The first-order valence-corrected chi connectivity index (χ1v) is 9.00. The highest BCUT2D eigenvalue weighted by Crippen LogP contribution is 2.31. The molecular formula is C15H20N2O2S2. The summed E-state index contributed by atoms with van der Waals surface area (Å²) in [5.41, 5.74) is 6.97. The van der Waals surface area contributed by atoms with E-state index < -0.39 is 10.0 Å². The molecular weight excluding hydrogens is 304 g/mol. The number of sulfonamides is 1. The lowest BCUT2D eigenvalue weighted by Gasteiger charge is -2.23. The molecule has 114 valence electrons. The topological polar surface area (TPSA) is 72.2 Å². The van der Waals surface area contributed by atoms with E-state index in [1.165, 1.54) is 11.3 Å². The van der Waals surface area contributed by atoms with Crippen molar-refractivity contribution in [3.8, 4) is 0 Å². The molecule has 0 fully saturated rings. The number of anilines is 1. The SMILES string of the molecule is CC(C)(C)c1ccccc1NS(=O)(=O)c1csc(CN)c1. The maximum Gasteiger partial charge on any atom is 0.262 e. The molecule has 0 unspecified atom stereocenters. The van der Waals surface area contributed by atoms with Gasteiger partial charge in [-0.25, -0.2) is 8.42 Å². The second-order valence-electron chi connectivity index (χ2n) is 5.85. The zero-order chi connectivity index (χ0) is 15.7. The summed E-state index contributed by atoms with van der Waals surface area (Å²) in [6.07, 6.45) is 0. The van der Waals surface area contributed by atoms with E-state index in [4.69, 9.17) is 5.73 Å². The standard InChI is InChI=1S/C15H20N2O2S2/c1-15(2,3)13-6-4-5-7-14(13)17-21(18,19)12-8-11(9-16)20-10-12/h4-8,10,17H,9,16H2,1-3H3. The Bertz CT molecular complexity index is 728. The Hall–Kier alpha value is -1.37. The van der Waals surface area contributed by atoms with Crippen molar-refractivity contribution in [3.05, 3.63) is 46.2 Å². The van der Waals surface area contributed by atoms with Crippen LogP contribution in [-0.2, 0) is 22.0 Å². The average molecular weight is 324 g/mol. The first-order chi connectivity index (χ1) is 9.74. The summed E-state index contributed by atoms with van der Waals surface area (Å²) < 4.78 is 27.6. The van der Waals surface area contributed by atoms with Gasteiger partial charge in [0.05, 0.1) is 10.6 Å². The van der Waals surface area contributed by atoms with Crippen molar-refractivity contribution in [3.63, 3.8) is 0 Å². The molecule has 0 radical (unpaired) electrons. The smallest absolute Gasteiger partial charge is 0.262 e. The van der Waals surface area contributed by atoms with E-state index in [0.717, 1.165) is 10.4 Å². The Morgan fingerprint density at radius 1 is 1.24 bits per heavy atom.